The molecule has 0 aromatic heterocycles. The average molecular weight is 859 g/mol. The molecule has 0 atom stereocenters. The van der Waals surface area contributed by atoms with Gasteiger partial charge >= 0.3 is 0 Å². The highest BCUT2D eigenvalue weighted by atomic mass is 32.2. The second-order valence-corrected chi connectivity index (χ2v) is 22.4. The second-order valence-electron chi connectivity index (χ2n) is 14.6. The van der Waals surface area contributed by atoms with Crippen molar-refractivity contribution in [1.29, 1.82) is 0 Å². The van der Waals surface area contributed by atoms with Crippen molar-refractivity contribution < 1.29 is 33.7 Å². The normalized spacial score (nSPS) is 17.9. The maximum Gasteiger partial charge on any atom is 0.243 e. The van der Waals surface area contributed by atoms with Crippen LogP contribution < -0.4 is 0 Å². The Morgan fingerprint density at radius 3 is 0.667 bits per heavy atom. The molecule has 16 heteroatoms. The van der Waals surface area contributed by atoms with Gasteiger partial charge < -0.3 is 0 Å². The van der Waals surface area contributed by atoms with Gasteiger partial charge in [-0.15, -0.1) is 0 Å². The minimum absolute atomic E-state index is 0.0183. The van der Waals surface area contributed by atoms with E-state index in [-0.39, 0.29) is 71.9 Å². The van der Waals surface area contributed by atoms with Crippen molar-refractivity contribution in [1.82, 2.24) is 17.2 Å². The average Bonchev–Trinajstić information content (AvgIpc) is 3.17. The van der Waals surface area contributed by atoms with Crippen LogP contribution in [0.2, 0.25) is 0 Å². The number of rotatable bonds is 8. The van der Waals surface area contributed by atoms with Crippen LogP contribution in [0.3, 0.4) is 0 Å². The van der Waals surface area contributed by atoms with Gasteiger partial charge in [-0.2, -0.15) is 17.2 Å². The summed E-state index contributed by atoms with van der Waals surface area (Å²) >= 11 is 0. The highest BCUT2D eigenvalue weighted by Crippen LogP contribution is 2.24. The largest absolute Gasteiger partial charge is 0.243 e. The van der Waals surface area contributed by atoms with Crippen LogP contribution in [0.1, 0.15) is 54.4 Å². The van der Waals surface area contributed by atoms with E-state index in [0.29, 0.717) is 32.1 Å². The highest BCUT2D eigenvalue weighted by Gasteiger charge is 2.33. The number of benzene rings is 4. The Morgan fingerprint density at radius 2 is 0.456 bits per heavy atom. The Kier molecular flexibility index (Phi) is 14.9. The highest BCUT2D eigenvalue weighted by molar-refractivity contribution is 7.90. The van der Waals surface area contributed by atoms with Crippen molar-refractivity contribution in [2.45, 2.75) is 79.4 Å². The molecule has 0 radical (unpaired) electrons. The lowest BCUT2D eigenvalue weighted by atomic mass is 10.1. The van der Waals surface area contributed by atoms with E-state index < -0.39 is 40.1 Å². The molecule has 0 bridgehead atoms. The Balaban J connectivity index is 1.56. The van der Waals surface area contributed by atoms with Crippen LogP contribution in [-0.2, 0) is 40.1 Å². The summed E-state index contributed by atoms with van der Waals surface area (Å²) in [5.74, 6) is 0. The number of nitrogens with zero attached hydrogens (tertiary/aromatic N) is 4. The fourth-order valence-electron chi connectivity index (χ4n) is 6.62. The van der Waals surface area contributed by atoms with Gasteiger partial charge in [0.05, 0.1) is 19.6 Å². The third kappa shape index (κ3) is 11.2. The van der Waals surface area contributed by atoms with Crippen LogP contribution in [0, 0.1) is 27.7 Å². The first-order valence-corrected chi connectivity index (χ1v) is 25.0. The molecule has 310 valence electrons. The first-order chi connectivity index (χ1) is 26.9. The molecule has 4 aromatic carbocycles. The van der Waals surface area contributed by atoms with Gasteiger partial charge in [-0.25, -0.2) is 33.7 Å². The van der Waals surface area contributed by atoms with Crippen LogP contribution in [0.15, 0.2) is 117 Å². The summed E-state index contributed by atoms with van der Waals surface area (Å²) in [5, 5.41) is 0. The number of hydrogen-bond donors (Lipinski definition) is 0. The van der Waals surface area contributed by atoms with E-state index in [2.05, 4.69) is 0 Å². The molecule has 1 fully saturated rings. The molecule has 4 aromatic rings. The van der Waals surface area contributed by atoms with Crippen LogP contribution >= 0.6 is 0 Å². The first kappa shape index (κ1) is 44.6. The van der Waals surface area contributed by atoms with E-state index in [4.69, 9.17) is 0 Å². The summed E-state index contributed by atoms with van der Waals surface area (Å²) in [4.78, 5) is 0.153. The molecule has 0 saturated carbocycles. The zero-order valence-electron chi connectivity index (χ0n) is 33.1. The van der Waals surface area contributed by atoms with Crippen molar-refractivity contribution >= 4 is 40.1 Å². The third-order valence-electron chi connectivity index (χ3n) is 10.2. The molecule has 0 N–H and O–H groups in total. The van der Waals surface area contributed by atoms with Gasteiger partial charge in [-0.1, -0.05) is 90.0 Å². The van der Waals surface area contributed by atoms with E-state index in [0.717, 1.165) is 30.9 Å². The lowest BCUT2D eigenvalue weighted by Crippen LogP contribution is -2.47. The molecule has 1 heterocycles. The fourth-order valence-corrected chi connectivity index (χ4v) is 12.4. The summed E-state index contributed by atoms with van der Waals surface area (Å²) in [5.41, 5.74) is 3.47. The van der Waals surface area contributed by atoms with Gasteiger partial charge in [0.2, 0.25) is 40.1 Å². The van der Waals surface area contributed by atoms with E-state index in [1.807, 2.05) is 27.7 Å². The van der Waals surface area contributed by atoms with Gasteiger partial charge in [-0.05, 0) is 89.1 Å². The first-order valence-electron chi connectivity index (χ1n) is 19.2. The minimum atomic E-state index is -4.27. The summed E-state index contributed by atoms with van der Waals surface area (Å²) in [6, 6.07) is 25.6. The summed E-state index contributed by atoms with van der Waals surface area (Å²) < 4.78 is 119. The van der Waals surface area contributed by atoms with E-state index in [9.17, 15) is 33.7 Å². The maximum absolute atomic E-state index is 14.4. The van der Waals surface area contributed by atoms with Crippen molar-refractivity contribution in [2.75, 3.05) is 52.4 Å². The van der Waals surface area contributed by atoms with Gasteiger partial charge in [0.1, 0.15) is 0 Å². The van der Waals surface area contributed by atoms with Crippen LogP contribution in [0.5, 0.6) is 0 Å². The SMILES string of the molecule is Cc1ccc(S(=O)(=O)N2CCCCCCCN(S(=O)(=O)c3ccc(C)cc3)CCN(S(=O)(=O)c3ccc(C)cc3)CCN(S(=O)(=O)c3ccc(C)cc3)CC2)cc1. The topological polar surface area (TPSA) is 150 Å². The molecular weight excluding hydrogens is 805 g/mol. The lowest BCUT2D eigenvalue weighted by Gasteiger charge is -2.30. The van der Waals surface area contributed by atoms with Gasteiger partial charge in [0.25, 0.3) is 0 Å². The Bertz CT molecular complexity index is 2220. The van der Waals surface area contributed by atoms with Gasteiger partial charge in [0.15, 0.2) is 0 Å². The molecule has 0 amide bonds. The van der Waals surface area contributed by atoms with Gasteiger partial charge in [-0.3, -0.25) is 0 Å². The quantitative estimate of drug-likeness (QED) is 0.211. The van der Waals surface area contributed by atoms with Crippen molar-refractivity contribution in [3.63, 3.8) is 0 Å². The molecular formula is C41H54N4O8S4. The molecule has 5 rings (SSSR count). The molecule has 12 nitrogen and oxygen atoms in total. The minimum Gasteiger partial charge on any atom is -0.207 e. The lowest BCUT2D eigenvalue weighted by molar-refractivity contribution is 0.301. The Labute approximate surface area is 340 Å². The number of aryl methyl sites for hydroxylation is 4. The third-order valence-corrected chi connectivity index (χ3v) is 17.9. The predicted molar refractivity (Wildman–Crippen MR) is 223 cm³/mol. The molecule has 0 unspecified atom stereocenters. The van der Waals surface area contributed by atoms with Crippen LogP contribution in [0.25, 0.3) is 0 Å². The Hall–Kier alpha value is -3.48. The van der Waals surface area contributed by atoms with Crippen LogP contribution in [-0.4, -0.2) is 103 Å². The monoisotopic (exact) mass is 858 g/mol. The van der Waals surface area contributed by atoms with Gasteiger partial charge in [0, 0.05) is 52.4 Å². The standard InChI is InChI=1S/C41H54N4O8S4/c1-34-10-18-38(19-11-34)54(46,47)42-26-8-6-5-7-9-27-43(55(48,49)39-20-12-35(2)13-21-39)29-31-45(57(52,53)41-24-16-37(4)17-25-41)33-32-44(30-28-42)56(50,51)40-22-14-36(3)15-23-40/h10-25H,5-9,26-33H2,1-4H3. The summed E-state index contributed by atoms with van der Waals surface area (Å²) in [6.45, 7) is 6.13. The smallest absolute Gasteiger partial charge is 0.207 e. The van der Waals surface area contributed by atoms with E-state index in [1.54, 1.807) is 48.5 Å². The molecule has 1 aliphatic rings. The second kappa shape index (κ2) is 19.1. The van der Waals surface area contributed by atoms with E-state index in [1.165, 1.54) is 57.1 Å². The van der Waals surface area contributed by atoms with Crippen LogP contribution in [0.4, 0.5) is 0 Å². The van der Waals surface area contributed by atoms with Crippen molar-refractivity contribution in [3.8, 4) is 0 Å². The number of sulfonamides is 4. The molecule has 0 spiro atoms. The summed E-state index contributed by atoms with van der Waals surface area (Å²) in [6.07, 6.45) is 3.05. The zero-order chi connectivity index (χ0) is 41.4. The predicted octanol–water partition coefficient (Wildman–Crippen LogP) is 5.95. The number of hydrogen-bond acceptors (Lipinski definition) is 8. The van der Waals surface area contributed by atoms with E-state index >= 15 is 0 Å². The zero-order valence-corrected chi connectivity index (χ0v) is 36.4. The molecule has 1 saturated heterocycles. The Morgan fingerprint density at radius 1 is 0.281 bits per heavy atom. The van der Waals surface area contributed by atoms with Crippen molar-refractivity contribution in [2.24, 2.45) is 0 Å². The van der Waals surface area contributed by atoms with Crippen molar-refractivity contribution in [3.05, 3.63) is 119 Å². The summed E-state index contributed by atoms with van der Waals surface area (Å²) in [7, 11) is -16.6. The molecule has 0 aliphatic carbocycles. The fraction of sp³-hybridized carbons (Fsp3) is 0.415. The maximum atomic E-state index is 14.4. The molecule has 1 aliphatic heterocycles. The molecule has 57 heavy (non-hydrogen) atoms.